The van der Waals surface area contributed by atoms with E-state index in [0.29, 0.717) is 16.9 Å². The molecule has 0 saturated carbocycles. The Hall–Kier alpha value is -0.310. The summed E-state index contributed by atoms with van der Waals surface area (Å²) >= 11 is 11.7. The van der Waals surface area contributed by atoms with Gasteiger partial charge in [0.05, 0.1) is 5.02 Å². The Bertz CT molecular complexity index is 292. The molecular weight excluding hydrogens is 231 g/mol. The second kappa shape index (κ2) is 7.04. The fourth-order valence-corrected chi connectivity index (χ4v) is 1.83. The number of nitrogens with zero attached hydrogens (tertiary/aromatic N) is 1. The first-order valence-electron chi connectivity index (χ1n) is 5.15. The van der Waals surface area contributed by atoms with Gasteiger partial charge in [-0.15, -0.1) is 11.6 Å². The number of halogens is 2. The van der Waals surface area contributed by atoms with Crippen LogP contribution in [0.15, 0.2) is 18.5 Å². The average molecular weight is 247 g/mol. The van der Waals surface area contributed by atoms with E-state index in [1.807, 2.05) is 6.07 Å². The van der Waals surface area contributed by atoms with Crippen molar-refractivity contribution in [3.05, 3.63) is 29.0 Å². The van der Waals surface area contributed by atoms with Crippen molar-refractivity contribution in [2.75, 3.05) is 5.88 Å². The predicted molar refractivity (Wildman–Crippen MR) is 65.5 cm³/mol. The number of hydrogen-bond acceptors (Lipinski definition) is 2. The minimum atomic E-state index is 0.465. The van der Waals surface area contributed by atoms with Gasteiger partial charge in [-0.05, 0) is 24.5 Å². The molecule has 0 amide bonds. The van der Waals surface area contributed by atoms with Crippen LogP contribution in [-0.4, -0.2) is 16.9 Å². The van der Waals surface area contributed by atoms with Crippen LogP contribution >= 0.6 is 23.2 Å². The van der Waals surface area contributed by atoms with E-state index in [1.165, 1.54) is 0 Å². The predicted octanol–water partition coefficient (Wildman–Crippen LogP) is 3.23. The highest BCUT2D eigenvalue weighted by Crippen LogP contribution is 2.13. The quantitative estimate of drug-likeness (QED) is 0.780. The Labute approximate surface area is 101 Å². The summed E-state index contributed by atoms with van der Waals surface area (Å²) < 4.78 is 0. The monoisotopic (exact) mass is 246 g/mol. The van der Waals surface area contributed by atoms with Crippen molar-refractivity contribution >= 4 is 23.2 Å². The number of alkyl halides is 1. The Morgan fingerprint density at radius 2 is 2.33 bits per heavy atom. The van der Waals surface area contributed by atoms with Crippen LogP contribution in [-0.2, 0) is 6.54 Å². The van der Waals surface area contributed by atoms with Gasteiger partial charge in [-0.3, -0.25) is 4.98 Å². The highest BCUT2D eigenvalue weighted by Gasteiger charge is 2.05. The summed E-state index contributed by atoms with van der Waals surface area (Å²) in [5.41, 5.74) is 1.08. The Morgan fingerprint density at radius 1 is 1.53 bits per heavy atom. The van der Waals surface area contributed by atoms with Crippen LogP contribution in [0.2, 0.25) is 5.02 Å². The largest absolute Gasteiger partial charge is 0.310 e. The van der Waals surface area contributed by atoms with Gasteiger partial charge in [0.15, 0.2) is 0 Å². The van der Waals surface area contributed by atoms with E-state index in [1.54, 1.807) is 12.4 Å². The maximum absolute atomic E-state index is 6.00. The maximum atomic E-state index is 6.00. The summed E-state index contributed by atoms with van der Waals surface area (Å²) in [6.45, 7) is 2.93. The molecule has 0 aliphatic heterocycles. The van der Waals surface area contributed by atoms with Gasteiger partial charge in [0.25, 0.3) is 0 Å². The Kier molecular flexibility index (Phi) is 5.99. The molecule has 0 saturated heterocycles. The third-order valence-electron chi connectivity index (χ3n) is 2.39. The molecule has 4 heteroatoms. The van der Waals surface area contributed by atoms with Gasteiger partial charge < -0.3 is 5.32 Å². The molecule has 2 nitrogen and oxygen atoms in total. The number of hydrogen-bond donors (Lipinski definition) is 1. The summed E-state index contributed by atoms with van der Waals surface area (Å²) in [5, 5.41) is 4.14. The first-order chi connectivity index (χ1) is 7.27. The minimum Gasteiger partial charge on any atom is -0.310 e. The van der Waals surface area contributed by atoms with Crippen molar-refractivity contribution in [2.45, 2.75) is 32.4 Å². The molecule has 1 unspecified atom stereocenters. The zero-order valence-electron chi connectivity index (χ0n) is 8.84. The van der Waals surface area contributed by atoms with Crippen molar-refractivity contribution in [1.29, 1.82) is 0 Å². The normalized spacial score (nSPS) is 12.7. The molecule has 0 radical (unpaired) electrons. The lowest BCUT2D eigenvalue weighted by molar-refractivity contribution is 0.486. The van der Waals surface area contributed by atoms with E-state index in [2.05, 4.69) is 17.2 Å². The zero-order valence-corrected chi connectivity index (χ0v) is 10.4. The number of rotatable bonds is 6. The number of nitrogens with one attached hydrogen (secondary N) is 1. The van der Waals surface area contributed by atoms with Crippen LogP contribution < -0.4 is 5.32 Å². The number of aromatic nitrogens is 1. The fraction of sp³-hybridized carbons (Fsp3) is 0.545. The molecule has 1 atom stereocenters. The third-order valence-corrected chi connectivity index (χ3v) is 2.95. The van der Waals surface area contributed by atoms with Crippen LogP contribution in [0.3, 0.4) is 0 Å². The Balaban J connectivity index is 2.45. The SMILES string of the molecule is CCC(CCCl)NCc1ccncc1Cl. The molecule has 0 aromatic carbocycles. The first-order valence-corrected chi connectivity index (χ1v) is 6.07. The van der Waals surface area contributed by atoms with E-state index in [-0.39, 0.29) is 0 Å². The molecule has 1 aromatic heterocycles. The van der Waals surface area contributed by atoms with Gasteiger partial charge in [0, 0.05) is 30.9 Å². The molecule has 0 spiro atoms. The maximum Gasteiger partial charge on any atom is 0.0634 e. The molecule has 0 fully saturated rings. The van der Waals surface area contributed by atoms with Crippen LogP contribution in [0.5, 0.6) is 0 Å². The molecular formula is C11H16Cl2N2. The van der Waals surface area contributed by atoms with Gasteiger partial charge in [-0.25, -0.2) is 0 Å². The lowest BCUT2D eigenvalue weighted by Crippen LogP contribution is -2.28. The summed E-state index contributed by atoms with van der Waals surface area (Å²) in [4.78, 5) is 3.95. The molecule has 1 rings (SSSR count). The van der Waals surface area contributed by atoms with Crippen molar-refractivity contribution in [3.63, 3.8) is 0 Å². The molecule has 1 N–H and O–H groups in total. The summed E-state index contributed by atoms with van der Waals surface area (Å²) in [6.07, 6.45) is 5.49. The van der Waals surface area contributed by atoms with Crippen LogP contribution in [0.1, 0.15) is 25.3 Å². The van der Waals surface area contributed by atoms with Gasteiger partial charge in [-0.1, -0.05) is 18.5 Å². The van der Waals surface area contributed by atoms with E-state index in [0.717, 1.165) is 24.9 Å². The highest BCUT2D eigenvalue weighted by molar-refractivity contribution is 6.31. The molecule has 1 heterocycles. The zero-order chi connectivity index (χ0) is 11.1. The average Bonchev–Trinajstić information content (AvgIpc) is 2.26. The van der Waals surface area contributed by atoms with Gasteiger partial charge in [0.2, 0.25) is 0 Å². The van der Waals surface area contributed by atoms with Crippen LogP contribution in [0.25, 0.3) is 0 Å². The fourth-order valence-electron chi connectivity index (χ4n) is 1.38. The van der Waals surface area contributed by atoms with E-state index in [4.69, 9.17) is 23.2 Å². The smallest absolute Gasteiger partial charge is 0.0634 e. The van der Waals surface area contributed by atoms with E-state index < -0.39 is 0 Å². The Morgan fingerprint density at radius 3 is 2.93 bits per heavy atom. The minimum absolute atomic E-state index is 0.465. The van der Waals surface area contributed by atoms with Crippen LogP contribution in [0.4, 0.5) is 0 Å². The standard InChI is InChI=1S/C11H16Cl2N2/c1-2-10(3-5-12)15-7-9-4-6-14-8-11(9)13/h4,6,8,10,15H,2-3,5,7H2,1H3. The second-order valence-corrected chi connectivity index (χ2v) is 4.22. The van der Waals surface area contributed by atoms with Crippen molar-refractivity contribution in [3.8, 4) is 0 Å². The molecule has 0 aliphatic carbocycles. The van der Waals surface area contributed by atoms with Crippen molar-refractivity contribution in [1.82, 2.24) is 10.3 Å². The van der Waals surface area contributed by atoms with E-state index in [9.17, 15) is 0 Å². The lowest BCUT2D eigenvalue weighted by Gasteiger charge is -2.15. The van der Waals surface area contributed by atoms with E-state index >= 15 is 0 Å². The molecule has 84 valence electrons. The van der Waals surface area contributed by atoms with Gasteiger partial charge >= 0.3 is 0 Å². The van der Waals surface area contributed by atoms with Gasteiger partial charge in [0.1, 0.15) is 0 Å². The molecule has 0 bridgehead atoms. The molecule has 0 aliphatic rings. The summed E-state index contributed by atoms with van der Waals surface area (Å²) in [6, 6.07) is 2.40. The topological polar surface area (TPSA) is 24.9 Å². The second-order valence-electron chi connectivity index (χ2n) is 3.43. The summed E-state index contributed by atoms with van der Waals surface area (Å²) in [5.74, 6) is 0.690. The molecule has 1 aromatic rings. The number of pyridine rings is 1. The van der Waals surface area contributed by atoms with Crippen molar-refractivity contribution in [2.24, 2.45) is 0 Å². The van der Waals surface area contributed by atoms with Gasteiger partial charge in [-0.2, -0.15) is 0 Å². The highest BCUT2D eigenvalue weighted by atomic mass is 35.5. The first kappa shape index (κ1) is 12.8. The molecule has 15 heavy (non-hydrogen) atoms. The summed E-state index contributed by atoms with van der Waals surface area (Å²) in [7, 11) is 0. The van der Waals surface area contributed by atoms with Crippen LogP contribution in [0, 0.1) is 0 Å². The lowest BCUT2D eigenvalue weighted by atomic mass is 10.1. The third kappa shape index (κ3) is 4.37. The van der Waals surface area contributed by atoms with Crippen molar-refractivity contribution < 1.29 is 0 Å².